The quantitative estimate of drug-likeness (QED) is 0.420. The van der Waals surface area contributed by atoms with Gasteiger partial charge < -0.3 is 15.4 Å². The Bertz CT molecular complexity index is 1380. The van der Waals surface area contributed by atoms with Gasteiger partial charge in [-0.2, -0.15) is 4.98 Å². The van der Waals surface area contributed by atoms with Gasteiger partial charge in [-0.15, -0.1) is 5.10 Å². The van der Waals surface area contributed by atoms with Crippen molar-refractivity contribution in [3.05, 3.63) is 95.7 Å². The third-order valence-corrected chi connectivity index (χ3v) is 5.63. The van der Waals surface area contributed by atoms with Crippen LogP contribution in [-0.2, 0) is 4.79 Å². The fraction of sp³-hybridized carbons (Fsp3) is 0.154. The van der Waals surface area contributed by atoms with Crippen molar-refractivity contribution in [2.75, 3.05) is 17.2 Å². The van der Waals surface area contributed by atoms with Crippen LogP contribution in [-0.4, -0.2) is 32.3 Å². The Morgan fingerprint density at radius 1 is 1.14 bits per heavy atom. The molecule has 2 aromatic heterocycles. The molecule has 4 aromatic rings. The Labute approximate surface area is 201 Å². The Hall–Kier alpha value is -4.53. The molecule has 3 heterocycles. The molecule has 1 unspecified atom stereocenters. The lowest BCUT2D eigenvalue weighted by Crippen LogP contribution is -2.31. The van der Waals surface area contributed by atoms with E-state index in [1.54, 1.807) is 41.3 Å². The van der Waals surface area contributed by atoms with Gasteiger partial charge >= 0.3 is 0 Å². The summed E-state index contributed by atoms with van der Waals surface area (Å²) in [6.45, 7) is 4.31. The van der Waals surface area contributed by atoms with Gasteiger partial charge in [-0.05, 0) is 67.9 Å². The highest BCUT2D eigenvalue weighted by Gasteiger charge is 2.34. The number of pyridine rings is 1. The smallest absolute Gasteiger partial charge is 0.255 e. The van der Waals surface area contributed by atoms with Crippen LogP contribution in [0.5, 0.6) is 5.75 Å². The van der Waals surface area contributed by atoms with E-state index >= 15 is 0 Å². The highest BCUT2D eigenvalue weighted by atomic mass is 19.1. The van der Waals surface area contributed by atoms with E-state index in [0.717, 1.165) is 11.3 Å². The SMILES string of the molecule is CCOc1ccc(C2C(C(=O)Nc3cccnc3)=C(C)Nc3nc(-c4ccc(F)cc4)nn32)cc1. The van der Waals surface area contributed by atoms with Crippen LogP contribution in [0.15, 0.2) is 84.3 Å². The van der Waals surface area contributed by atoms with Crippen molar-refractivity contribution in [3.8, 4) is 17.1 Å². The lowest BCUT2D eigenvalue weighted by Gasteiger charge is -2.28. The summed E-state index contributed by atoms with van der Waals surface area (Å²) in [6.07, 6.45) is 3.23. The summed E-state index contributed by atoms with van der Waals surface area (Å²) < 4.78 is 20.7. The van der Waals surface area contributed by atoms with Crippen molar-refractivity contribution in [2.24, 2.45) is 0 Å². The van der Waals surface area contributed by atoms with Crippen molar-refractivity contribution in [2.45, 2.75) is 19.9 Å². The zero-order valence-corrected chi connectivity index (χ0v) is 19.2. The first kappa shape index (κ1) is 22.3. The molecule has 0 spiro atoms. The van der Waals surface area contributed by atoms with Gasteiger partial charge in [-0.25, -0.2) is 9.07 Å². The maximum atomic E-state index is 13.5. The van der Waals surface area contributed by atoms with E-state index in [-0.39, 0.29) is 11.7 Å². The number of benzene rings is 2. The second-order valence-corrected chi connectivity index (χ2v) is 7.97. The van der Waals surface area contributed by atoms with Crippen molar-refractivity contribution < 1.29 is 13.9 Å². The van der Waals surface area contributed by atoms with Crippen molar-refractivity contribution in [1.29, 1.82) is 0 Å². The first-order valence-corrected chi connectivity index (χ1v) is 11.2. The van der Waals surface area contributed by atoms with E-state index in [2.05, 4.69) is 20.6 Å². The summed E-state index contributed by atoms with van der Waals surface area (Å²) in [5, 5.41) is 10.8. The van der Waals surface area contributed by atoms with E-state index in [4.69, 9.17) is 9.84 Å². The maximum absolute atomic E-state index is 13.5. The second kappa shape index (κ2) is 9.38. The third kappa shape index (κ3) is 4.48. The Morgan fingerprint density at radius 3 is 2.60 bits per heavy atom. The van der Waals surface area contributed by atoms with Crippen LogP contribution < -0.4 is 15.4 Å². The molecule has 9 heteroatoms. The van der Waals surface area contributed by atoms with Gasteiger partial charge in [0.25, 0.3) is 5.91 Å². The molecule has 2 N–H and O–H groups in total. The van der Waals surface area contributed by atoms with Gasteiger partial charge in [0.2, 0.25) is 5.95 Å². The van der Waals surface area contributed by atoms with Crippen molar-refractivity contribution >= 4 is 17.5 Å². The molecule has 0 saturated carbocycles. The predicted molar refractivity (Wildman–Crippen MR) is 130 cm³/mol. The molecule has 35 heavy (non-hydrogen) atoms. The number of amides is 1. The van der Waals surface area contributed by atoms with Crippen molar-refractivity contribution in [1.82, 2.24) is 19.7 Å². The number of anilines is 2. The zero-order valence-electron chi connectivity index (χ0n) is 19.2. The molecule has 1 atom stereocenters. The minimum atomic E-state index is -0.555. The Balaban J connectivity index is 1.58. The number of rotatable bonds is 6. The topological polar surface area (TPSA) is 94.0 Å². The lowest BCUT2D eigenvalue weighted by molar-refractivity contribution is -0.113. The first-order chi connectivity index (χ1) is 17.0. The number of carbonyl (C=O) groups is 1. The fourth-order valence-electron chi connectivity index (χ4n) is 4.02. The molecule has 2 aromatic carbocycles. The molecule has 0 fully saturated rings. The number of hydrogen-bond donors (Lipinski definition) is 2. The largest absolute Gasteiger partial charge is 0.494 e. The summed E-state index contributed by atoms with van der Waals surface area (Å²) in [5.41, 5.74) is 3.22. The molecule has 8 nitrogen and oxygen atoms in total. The van der Waals surface area contributed by atoms with E-state index < -0.39 is 6.04 Å². The van der Waals surface area contributed by atoms with Gasteiger partial charge in [0.05, 0.1) is 24.1 Å². The van der Waals surface area contributed by atoms with Crippen LogP contribution >= 0.6 is 0 Å². The number of halogens is 1. The number of ether oxygens (including phenoxy) is 1. The number of hydrogen-bond acceptors (Lipinski definition) is 6. The van der Waals surface area contributed by atoms with Crippen LogP contribution in [0.1, 0.15) is 25.5 Å². The number of aromatic nitrogens is 4. The second-order valence-electron chi connectivity index (χ2n) is 7.97. The van der Waals surface area contributed by atoms with Crippen LogP contribution in [0.2, 0.25) is 0 Å². The van der Waals surface area contributed by atoms with Crippen LogP contribution in [0.25, 0.3) is 11.4 Å². The minimum absolute atomic E-state index is 0.286. The van der Waals surface area contributed by atoms with Gasteiger partial charge in [0.1, 0.15) is 17.6 Å². The molecule has 1 aliphatic rings. The predicted octanol–water partition coefficient (Wildman–Crippen LogP) is 4.81. The molecule has 176 valence electrons. The molecule has 0 aliphatic carbocycles. The Kier molecular flexibility index (Phi) is 5.97. The molecule has 0 radical (unpaired) electrons. The lowest BCUT2D eigenvalue weighted by atomic mass is 9.95. The van der Waals surface area contributed by atoms with Crippen LogP contribution in [0.4, 0.5) is 16.0 Å². The van der Waals surface area contributed by atoms with Gasteiger partial charge in [-0.3, -0.25) is 9.78 Å². The van der Waals surface area contributed by atoms with E-state index in [9.17, 15) is 9.18 Å². The summed E-state index contributed by atoms with van der Waals surface area (Å²) >= 11 is 0. The average Bonchev–Trinajstić information content (AvgIpc) is 3.28. The zero-order chi connectivity index (χ0) is 24.4. The van der Waals surface area contributed by atoms with Crippen LogP contribution in [0, 0.1) is 5.82 Å². The standard InChI is InChI=1S/C26H23FN6O2/c1-3-35-21-12-8-17(9-13-21)23-22(25(34)30-20-5-4-14-28-15-20)16(2)29-26-31-24(32-33(23)26)18-6-10-19(27)11-7-18/h4-15,23H,3H2,1-2H3,(H,30,34)(H,29,31,32). The molecule has 1 amide bonds. The third-order valence-electron chi connectivity index (χ3n) is 5.63. The minimum Gasteiger partial charge on any atom is -0.494 e. The van der Waals surface area contributed by atoms with E-state index in [1.165, 1.54) is 12.1 Å². The maximum Gasteiger partial charge on any atom is 0.255 e. The van der Waals surface area contributed by atoms with E-state index in [1.807, 2.05) is 38.1 Å². The van der Waals surface area contributed by atoms with Crippen molar-refractivity contribution in [3.63, 3.8) is 0 Å². The summed E-state index contributed by atoms with van der Waals surface area (Å²) in [4.78, 5) is 22.2. The fourth-order valence-corrected chi connectivity index (χ4v) is 4.02. The number of nitrogens with one attached hydrogen (secondary N) is 2. The number of allylic oxidation sites excluding steroid dienone is 1. The molecule has 0 saturated heterocycles. The highest BCUT2D eigenvalue weighted by molar-refractivity contribution is 6.05. The molecular formula is C26H23FN6O2. The number of fused-ring (bicyclic) bond motifs is 1. The Morgan fingerprint density at radius 2 is 1.91 bits per heavy atom. The summed E-state index contributed by atoms with van der Waals surface area (Å²) in [5.74, 6) is 1.02. The van der Waals surface area contributed by atoms with Crippen LogP contribution in [0.3, 0.4) is 0 Å². The normalized spacial score (nSPS) is 14.8. The summed E-state index contributed by atoms with van der Waals surface area (Å²) in [6, 6.07) is 16.5. The average molecular weight is 471 g/mol. The number of carbonyl (C=O) groups excluding carboxylic acids is 1. The first-order valence-electron chi connectivity index (χ1n) is 11.2. The monoisotopic (exact) mass is 470 g/mol. The number of nitrogens with zero attached hydrogens (tertiary/aromatic N) is 4. The van der Waals surface area contributed by atoms with E-state index in [0.29, 0.717) is 40.9 Å². The highest BCUT2D eigenvalue weighted by Crippen LogP contribution is 2.37. The molecule has 0 bridgehead atoms. The van der Waals surface area contributed by atoms with Gasteiger partial charge in [0.15, 0.2) is 5.82 Å². The van der Waals surface area contributed by atoms with Gasteiger partial charge in [-0.1, -0.05) is 12.1 Å². The summed E-state index contributed by atoms with van der Waals surface area (Å²) in [7, 11) is 0. The molecular weight excluding hydrogens is 447 g/mol. The van der Waals surface area contributed by atoms with Gasteiger partial charge in [0, 0.05) is 17.5 Å². The molecule has 5 rings (SSSR count). The molecule has 1 aliphatic heterocycles.